The average Bonchev–Trinajstić information content (AvgIpc) is 2.35. The Labute approximate surface area is 97.8 Å². The third-order valence-electron chi connectivity index (χ3n) is 2.61. The van der Waals surface area contributed by atoms with Crippen molar-refractivity contribution in [1.82, 2.24) is 0 Å². The van der Waals surface area contributed by atoms with Crippen LogP contribution in [0.25, 0.3) is 10.8 Å². The molecular weight excluding hydrogens is 218 g/mol. The molecule has 0 aliphatic rings. The lowest BCUT2D eigenvalue weighted by Crippen LogP contribution is -2.16. The fourth-order valence-electron chi connectivity index (χ4n) is 1.78. The van der Waals surface area contributed by atoms with Gasteiger partial charge in [0.2, 0.25) is 0 Å². The molecule has 0 fully saturated rings. The van der Waals surface area contributed by atoms with Crippen LogP contribution in [0.5, 0.6) is 0 Å². The van der Waals surface area contributed by atoms with Gasteiger partial charge in [0.25, 0.3) is 0 Å². The second-order valence-corrected chi connectivity index (χ2v) is 3.67. The Morgan fingerprint density at radius 1 is 1.12 bits per heavy atom. The summed E-state index contributed by atoms with van der Waals surface area (Å²) in [5.41, 5.74) is 0.569. The molecule has 2 aromatic rings. The van der Waals surface area contributed by atoms with Gasteiger partial charge in [-0.05, 0) is 16.3 Å². The summed E-state index contributed by atoms with van der Waals surface area (Å²) in [6.45, 7) is 0. The molecule has 4 nitrogen and oxygen atoms in total. The van der Waals surface area contributed by atoms with Crippen molar-refractivity contribution in [2.45, 2.75) is 6.42 Å². The molecule has 0 unspecified atom stereocenters. The Morgan fingerprint density at radius 3 is 2.53 bits per heavy atom. The van der Waals surface area contributed by atoms with Crippen molar-refractivity contribution in [3.63, 3.8) is 0 Å². The molecule has 0 aliphatic heterocycles. The first-order valence-electron chi connectivity index (χ1n) is 5.13. The molecule has 2 aromatic carbocycles. The van der Waals surface area contributed by atoms with Gasteiger partial charge in [-0.3, -0.25) is 0 Å². The van der Waals surface area contributed by atoms with Crippen LogP contribution in [0.3, 0.4) is 0 Å². The summed E-state index contributed by atoms with van der Waals surface area (Å²) in [6.07, 6.45) is 0.104. The SMILES string of the molecule is O=C(O)/C(Cc1cccc2ccccc12)=N\O. The normalized spacial score (nSPS) is 11.6. The summed E-state index contributed by atoms with van der Waals surface area (Å²) >= 11 is 0. The third-order valence-corrected chi connectivity index (χ3v) is 2.61. The summed E-state index contributed by atoms with van der Waals surface area (Å²) in [5.74, 6) is -1.21. The molecule has 4 heteroatoms. The zero-order valence-electron chi connectivity index (χ0n) is 9.00. The highest BCUT2D eigenvalue weighted by atomic mass is 16.4. The first-order chi connectivity index (χ1) is 8.22. The lowest BCUT2D eigenvalue weighted by molar-refractivity contribution is -0.129. The first kappa shape index (κ1) is 11.1. The van der Waals surface area contributed by atoms with E-state index >= 15 is 0 Å². The minimum atomic E-state index is -1.21. The van der Waals surface area contributed by atoms with Gasteiger partial charge in [-0.2, -0.15) is 0 Å². The molecule has 0 aromatic heterocycles. The number of aliphatic carboxylic acids is 1. The molecule has 0 atom stereocenters. The fraction of sp³-hybridized carbons (Fsp3) is 0.0769. The predicted molar refractivity (Wildman–Crippen MR) is 64.5 cm³/mol. The molecule has 2 rings (SSSR count). The van der Waals surface area contributed by atoms with Crippen LogP contribution in [-0.2, 0) is 11.2 Å². The fourth-order valence-corrected chi connectivity index (χ4v) is 1.78. The molecule has 0 bridgehead atoms. The molecule has 2 N–H and O–H groups in total. The topological polar surface area (TPSA) is 69.9 Å². The van der Waals surface area contributed by atoms with Gasteiger partial charge >= 0.3 is 5.97 Å². The van der Waals surface area contributed by atoms with Crippen molar-refractivity contribution in [3.05, 3.63) is 48.0 Å². The van der Waals surface area contributed by atoms with Crippen molar-refractivity contribution in [1.29, 1.82) is 0 Å². The zero-order valence-corrected chi connectivity index (χ0v) is 9.00. The largest absolute Gasteiger partial charge is 0.477 e. The number of hydrogen-bond acceptors (Lipinski definition) is 3. The number of hydrogen-bond donors (Lipinski definition) is 2. The summed E-state index contributed by atoms with van der Waals surface area (Å²) in [6, 6.07) is 13.3. The van der Waals surface area contributed by atoms with Crippen molar-refractivity contribution in [3.8, 4) is 0 Å². The number of carboxylic acid groups (broad SMARTS) is 1. The van der Waals surface area contributed by atoms with Crippen molar-refractivity contribution in [2.24, 2.45) is 5.16 Å². The van der Waals surface area contributed by atoms with E-state index in [-0.39, 0.29) is 12.1 Å². The van der Waals surface area contributed by atoms with E-state index in [9.17, 15) is 4.79 Å². The van der Waals surface area contributed by atoms with E-state index in [0.717, 1.165) is 16.3 Å². The van der Waals surface area contributed by atoms with E-state index < -0.39 is 5.97 Å². The molecule has 0 spiro atoms. The Balaban J connectivity index is 2.46. The molecule has 0 amide bonds. The standard InChI is InChI=1S/C13H11NO3/c15-13(16)12(14-17)8-10-6-3-5-9-4-1-2-7-11(9)10/h1-7,17H,8H2,(H,15,16)/b14-12-. The number of carboxylic acids is 1. The Morgan fingerprint density at radius 2 is 1.82 bits per heavy atom. The number of benzene rings is 2. The summed E-state index contributed by atoms with van der Waals surface area (Å²) in [5, 5.41) is 22.3. The van der Waals surface area contributed by atoms with E-state index in [2.05, 4.69) is 5.16 Å². The van der Waals surface area contributed by atoms with Crippen LogP contribution >= 0.6 is 0 Å². The molecular formula is C13H11NO3. The van der Waals surface area contributed by atoms with Crippen LogP contribution in [0, 0.1) is 0 Å². The maximum atomic E-state index is 10.8. The number of rotatable bonds is 3. The molecule has 17 heavy (non-hydrogen) atoms. The van der Waals surface area contributed by atoms with E-state index in [1.807, 2.05) is 42.5 Å². The van der Waals surface area contributed by atoms with Crippen molar-refractivity contribution < 1.29 is 15.1 Å². The van der Waals surface area contributed by atoms with Crippen LogP contribution in [-0.4, -0.2) is 22.0 Å². The van der Waals surface area contributed by atoms with Gasteiger partial charge in [0, 0.05) is 6.42 Å². The zero-order chi connectivity index (χ0) is 12.3. The summed E-state index contributed by atoms with van der Waals surface area (Å²) in [4.78, 5) is 10.8. The van der Waals surface area contributed by atoms with Crippen LogP contribution in [0.4, 0.5) is 0 Å². The van der Waals surface area contributed by atoms with E-state index in [4.69, 9.17) is 10.3 Å². The monoisotopic (exact) mass is 229 g/mol. The average molecular weight is 229 g/mol. The molecule has 0 radical (unpaired) electrons. The number of oxime groups is 1. The van der Waals surface area contributed by atoms with Crippen LogP contribution < -0.4 is 0 Å². The van der Waals surface area contributed by atoms with Crippen LogP contribution in [0.15, 0.2) is 47.6 Å². The van der Waals surface area contributed by atoms with Gasteiger partial charge < -0.3 is 10.3 Å². The highest BCUT2D eigenvalue weighted by molar-refractivity contribution is 6.36. The summed E-state index contributed by atoms with van der Waals surface area (Å²) in [7, 11) is 0. The number of fused-ring (bicyclic) bond motifs is 1. The van der Waals surface area contributed by atoms with E-state index in [0.29, 0.717) is 0 Å². The second kappa shape index (κ2) is 4.65. The highest BCUT2D eigenvalue weighted by Gasteiger charge is 2.12. The van der Waals surface area contributed by atoms with Gasteiger partial charge in [-0.25, -0.2) is 4.79 Å². The van der Waals surface area contributed by atoms with E-state index in [1.54, 1.807) is 0 Å². The number of carbonyl (C=O) groups is 1. The molecule has 0 heterocycles. The molecule has 86 valence electrons. The quantitative estimate of drug-likeness (QED) is 0.482. The lowest BCUT2D eigenvalue weighted by Gasteiger charge is -2.05. The summed E-state index contributed by atoms with van der Waals surface area (Å²) < 4.78 is 0. The second-order valence-electron chi connectivity index (χ2n) is 3.67. The van der Waals surface area contributed by atoms with Crippen LogP contribution in [0.1, 0.15) is 5.56 Å². The van der Waals surface area contributed by atoms with Crippen molar-refractivity contribution in [2.75, 3.05) is 0 Å². The molecule has 0 saturated carbocycles. The third kappa shape index (κ3) is 2.25. The molecule has 0 aliphatic carbocycles. The Kier molecular flexibility index (Phi) is 3.05. The van der Waals surface area contributed by atoms with Gasteiger partial charge in [-0.1, -0.05) is 47.6 Å². The van der Waals surface area contributed by atoms with Gasteiger partial charge in [0.05, 0.1) is 0 Å². The maximum Gasteiger partial charge on any atom is 0.354 e. The Bertz CT molecular complexity index is 585. The first-order valence-corrected chi connectivity index (χ1v) is 5.13. The highest BCUT2D eigenvalue weighted by Crippen LogP contribution is 2.19. The van der Waals surface area contributed by atoms with Gasteiger partial charge in [-0.15, -0.1) is 0 Å². The van der Waals surface area contributed by atoms with Gasteiger partial charge in [0.15, 0.2) is 5.71 Å². The number of nitrogens with zero attached hydrogens (tertiary/aromatic N) is 1. The predicted octanol–water partition coefficient (Wildman–Crippen LogP) is 2.30. The maximum absolute atomic E-state index is 10.8. The lowest BCUT2D eigenvalue weighted by atomic mass is 10.0. The minimum Gasteiger partial charge on any atom is -0.477 e. The van der Waals surface area contributed by atoms with Gasteiger partial charge in [0.1, 0.15) is 0 Å². The smallest absolute Gasteiger partial charge is 0.354 e. The Hall–Kier alpha value is -2.36. The minimum absolute atomic E-state index is 0.104. The van der Waals surface area contributed by atoms with E-state index in [1.165, 1.54) is 0 Å². The van der Waals surface area contributed by atoms with Crippen molar-refractivity contribution >= 4 is 22.5 Å². The van der Waals surface area contributed by atoms with Crippen LogP contribution in [0.2, 0.25) is 0 Å². The molecule has 0 saturated heterocycles.